The molecule has 1 aromatic rings. The van der Waals surface area contributed by atoms with E-state index in [1.54, 1.807) is 14.2 Å². The van der Waals surface area contributed by atoms with Crippen LogP contribution in [0.3, 0.4) is 0 Å². The van der Waals surface area contributed by atoms with Crippen LogP contribution in [0.15, 0.2) is 12.1 Å². The lowest BCUT2D eigenvalue weighted by Gasteiger charge is -2.10. The first kappa shape index (κ1) is 13.6. The van der Waals surface area contributed by atoms with E-state index in [0.717, 1.165) is 18.5 Å². The van der Waals surface area contributed by atoms with Crippen molar-refractivity contribution in [3.63, 3.8) is 0 Å². The molecule has 0 aromatic heterocycles. The molecule has 0 radical (unpaired) electrons. The van der Waals surface area contributed by atoms with Crippen LogP contribution in [0.25, 0.3) is 0 Å². The third-order valence-electron chi connectivity index (χ3n) is 2.16. The summed E-state index contributed by atoms with van der Waals surface area (Å²) >= 11 is 12.2. The summed E-state index contributed by atoms with van der Waals surface area (Å²) in [4.78, 5) is 0. The molecule has 0 fully saturated rings. The van der Waals surface area contributed by atoms with Gasteiger partial charge >= 0.3 is 0 Å². The zero-order chi connectivity index (χ0) is 12.0. The largest absolute Gasteiger partial charge is 0.495 e. The lowest BCUT2D eigenvalue weighted by Crippen LogP contribution is -2.19. The normalized spacial score (nSPS) is 10.5. The number of halogens is 2. The summed E-state index contributed by atoms with van der Waals surface area (Å²) < 4.78 is 9.95. The highest BCUT2D eigenvalue weighted by atomic mass is 35.5. The minimum Gasteiger partial charge on any atom is -0.495 e. The Morgan fingerprint density at radius 3 is 2.56 bits per heavy atom. The predicted octanol–water partition coefficient (Wildman–Crippen LogP) is 2.74. The smallest absolute Gasteiger partial charge is 0.138 e. The van der Waals surface area contributed by atoms with E-state index in [1.807, 2.05) is 12.1 Å². The van der Waals surface area contributed by atoms with Gasteiger partial charge in [-0.15, -0.1) is 0 Å². The van der Waals surface area contributed by atoms with Crippen LogP contribution in [0.5, 0.6) is 5.75 Å². The molecule has 1 N–H and O–H groups in total. The van der Waals surface area contributed by atoms with E-state index >= 15 is 0 Å². The number of ether oxygens (including phenoxy) is 2. The molecule has 16 heavy (non-hydrogen) atoms. The summed E-state index contributed by atoms with van der Waals surface area (Å²) in [5, 5.41) is 4.13. The van der Waals surface area contributed by atoms with Gasteiger partial charge in [-0.05, 0) is 18.1 Å². The van der Waals surface area contributed by atoms with Gasteiger partial charge in [-0.3, -0.25) is 5.32 Å². The van der Waals surface area contributed by atoms with Gasteiger partial charge in [0.2, 0.25) is 0 Å². The first-order chi connectivity index (χ1) is 7.70. The second-order valence-electron chi connectivity index (χ2n) is 3.24. The van der Waals surface area contributed by atoms with Crippen LogP contribution in [0.2, 0.25) is 10.0 Å². The van der Waals surface area contributed by atoms with Crippen LogP contribution >= 0.6 is 23.2 Å². The topological polar surface area (TPSA) is 30.5 Å². The highest BCUT2D eigenvalue weighted by molar-refractivity contribution is 6.43. The van der Waals surface area contributed by atoms with E-state index < -0.39 is 0 Å². The maximum Gasteiger partial charge on any atom is 0.138 e. The summed E-state index contributed by atoms with van der Waals surface area (Å²) in [7, 11) is 3.21. The lowest BCUT2D eigenvalue weighted by molar-refractivity contribution is 0.176. The molecular formula is C11H15Cl2NO2. The Balaban J connectivity index is 2.64. The molecule has 1 rings (SSSR count). The van der Waals surface area contributed by atoms with E-state index in [4.69, 9.17) is 32.7 Å². The van der Waals surface area contributed by atoms with Crippen LogP contribution in [-0.4, -0.2) is 27.5 Å². The fraction of sp³-hybridized carbons (Fsp3) is 0.455. The third kappa shape index (κ3) is 3.52. The standard InChI is InChI=1S/C11H15Cl2NO2/c1-15-7-14-6-5-8-3-4-9(16-2)11(13)10(8)12/h3-4,14H,5-7H2,1-2H3. The highest BCUT2D eigenvalue weighted by Crippen LogP contribution is 2.34. The molecule has 1 aromatic carbocycles. The van der Waals surface area contributed by atoms with E-state index in [-0.39, 0.29) is 0 Å². The molecule has 0 aliphatic carbocycles. The molecule has 0 atom stereocenters. The average Bonchev–Trinajstić information content (AvgIpc) is 2.30. The number of methoxy groups -OCH3 is 2. The maximum atomic E-state index is 6.12. The Labute approximate surface area is 106 Å². The van der Waals surface area contributed by atoms with Crippen LogP contribution in [0.1, 0.15) is 5.56 Å². The van der Waals surface area contributed by atoms with Crippen molar-refractivity contribution in [2.45, 2.75) is 6.42 Å². The molecule has 3 nitrogen and oxygen atoms in total. The van der Waals surface area contributed by atoms with Gasteiger partial charge in [-0.25, -0.2) is 0 Å². The Morgan fingerprint density at radius 1 is 1.19 bits per heavy atom. The number of nitrogens with one attached hydrogen (secondary N) is 1. The molecule has 0 bridgehead atoms. The quantitative estimate of drug-likeness (QED) is 0.633. The predicted molar refractivity (Wildman–Crippen MR) is 66.6 cm³/mol. The van der Waals surface area contributed by atoms with Gasteiger partial charge in [0.05, 0.1) is 18.9 Å². The van der Waals surface area contributed by atoms with Crippen LogP contribution in [0, 0.1) is 0 Å². The van der Waals surface area contributed by atoms with Gasteiger partial charge in [0, 0.05) is 13.7 Å². The van der Waals surface area contributed by atoms with E-state index in [1.165, 1.54) is 0 Å². The van der Waals surface area contributed by atoms with E-state index in [0.29, 0.717) is 22.5 Å². The average molecular weight is 264 g/mol. The number of hydrogen-bond acceptors (Lipinski definition) is 3. The maximum absolute atomic E-state index is 6.12. The third-order valence-corrected chi connectivity index (χ3v) is 3.07. The first-order valence-electron chi connectivity index (χ1n) is 4.91. The molecule has 0 saturated heterocycles. The Hall–Kier alpha value is -0.480. The number of rotatable bonds is 6. The number of hydrogen-bond donors (Lipinski definition) is 1. The minimum absolute atomic E-state index is 0.466. The van der Waals surface area contributed by atoms with Crippen molar-refractivity contribution in [1.82, 2.24) is 5.32 Å². The molecule has 5 heteroatoms. The molecule has 0 aliphatic rings. The zero-order valence-electron chi connectivity index (χ0n) is 9.35. The SMILES string of the molecule is COCNCCc1ccc(OC)c(Cl)c1Cl. The second-order valence-corrected chi connectivity index (χ2v) is 3.99. The van der Waals surface area contributed by atoms with Crippen molar-refractivity contribution < 1.29 is 9.47 Å². The summed E-state index contributed by atoms with van der Waals surface area (Å²) in [5.41, 5.74) is 0.996. The van der Waals surface area contributed by atoms with Crippen LogP contribution in [-0.2, 0) is 11.2 Å². The minimum atomic E-state index is 0.466. The summed E-state index contributed by atoms with van der Waals surface area (Å²) in [6.07, 6.45) is 0.798. The summed E-state index contributed by atoms with van der Waals surface area (Å²) in [6, 6.07) is 3.74. The monoisotopic (exact) mass is 263 g/mol. The van der Waals surface area contributed by atoms with Crippen molar-refractivity contribution in [2.24, 2.45) is 0 Å². The molecule has 0 heterocycles. The van der Waals surface area contributed by atoms with E-state index in [9.17, 15) is 0 Å². The molecule has 0 aliphatic heterocycles. The van der Waals surface area contributed by atoms with Crippen molar-refractivity contribution in [2.75, 3.05) is 27.5 Å². The van der Waals surface area contributed by atoms with Crippen molar-refractivity contribution in [3.05, 3.63) is 27.7 Å². The molecule has 0 saturated carbocycles. The first-order valence-corrected chi connectivity index (χ1v) is 5.66. The van der Waals surface area contributed by atoms with Crippen LogP contribution in [0.4, 0.5) is 0 Å². The van der Waals surface area contributed by atoms with Gasteiger partial charge in [0.15, 0.2) is 0 Å². The van der Waals surface area contributed by atoms with Gasteiger partial charge in [-0.2, -0.15) is 0 Å². The fourth-order valence-corrected chi connectivity index (χ4v) is 1.83. The molecule has 0 amide bonds. The Bertz CT molecular complexity index is 345. The Kier molecular flexibility index (Phi) is 5.91. The van der Waals surface area contributed by atoms with E-state index in [2.05, 4.69) is 5.32 Å². The van der Waals surface area contributed by atoms with Gasteiger partial charge in [-0.1, -0.05) is 29.3 Å². The fourth-order valence-electron chi connectivity index (χ4n) is 1.32. The molecule has 90 valence electrons. The Morgan fingerprint density at radius 2 is 1.94 bits per heavy atom. The van der Waals surface area contributed by atoms with Crippen molar-refractivity contribution >= 4 is 23.2 Å². The highest BCUT2D eigenvalue weighted by Gasteiger charge is 2.09. The zero-order valence-corrected chi connectivity index (χ0v) is 10.9. The summed E-state index contributed by atoms with van der Waals surface area (Å²) in [5.74, 6) is 0.597. The van der Waals surface area contributed by atoms with Gasteiger partial charge < -0.3 is 9.47 Å². The molecule has 0 spiro atoms. The van der Waals surface area contributed by atoms with Gasteiger partial charge in [0.25, 0.3) is 0 Å². The van der Waals surface area contributed by atoms with Gasteiger partial charge in [0.1, 0.15) is 10.8 Å². The molecular weight excluding hydrogens is 249 g/mol. The molecule has 0 unspecified atom stereocenters. The number of benzene rings is 1. The summed E-state index contributed by atoms with van der Waals surface area (Å²) in [6.45, 7) is 1.32. The van der Waals surface area contributed by atoms with Crippen LogP contribution < -0.4 is 10.1 Å². The lowest BCUT2D eigenvalue weighted by atomic mass is 10.1. The van der Waals surface area contributed by atoms with Crippen molar-refractivity contribution in [3.8, 4) is 5.75 Å². The second kappa shape index (κ2) is 6.97. The van der Waals surface area contributed by atoms with Crippen molar-refractivity contribution in [1.29, 1.82) is 0 Å².